The number of hydrogen-bond donors (Lipinski definition) is 1. The van der Waals surface area contributed by atoms with Crippen LogP contribution in [0, 0.1) is 19.8 Å². The van der Waals surface area contributed by atoms with Gasteiger partial charge in [0.15, 0.2) is 0 Å². The van der Waals surface area contributed by atoms with Crippen LogP contribution in [-0.4, -0.2) is 13.2 Å². The SMILES string of the molecule is COc1cc(C)c(C)cc1CC1CCCC1N. The number of benzene rings is 1. The summed E-state index contributed by atoms with van der Waals surface area (Å²) in [6, 6.07) is 4.78. The van der Waals surface area contributed by atoms with E-state index in [2.05, 4.69) is 26.0 Å². The highest BCUT2D eigenvalue weighted by atomic mass is 16.5. The van der Waals surface area contributed by atoms with E-state index >= 15 is 0 Å². The Morgan fingerprint density at radius 1 is 1.24 bits per heavy atom. The normalized spacial score (nSPS) is 24.0. The van der Waals surface area contributed by atoms with Gasteiger partial charge in [-0.3, -0.25) is 0 Å². The molecule has 0 heterocycles. The van der Waals surface area contributed by atoms with E-state index in [1.807, 2.05) is 0 Å². The van der Waals surface area contributed by atoms with Gasteiger partial charge in [0, 0.05) is 6.04 Å². The maximum atomic E-state index is 6.15. The zero-order valence-electron chi connectivity index (χ0n) is 11.1. The summed E-state index contributed by atoms with van der Waals surface area (Å²) >= 11 is 0. The van der Waals surface area contributed by atoms with Gasteiger partial charge in [-0.15, -0.1) is 0 Å². The van der Waals surface area contributed by atoms with E-state index in [1.54, 1.807) is 7.11 Å². The summed E-state index contributed by atoms with van der Waals surface area (Å²) < 4.78 is 5.49. The molecule has 2 rings (SSSR count). The van der Waals surface area contributed by atoms with Gasteiger partial charge in [-0.1, -0.05) is 12.5 Å². The molecule has 1 aliphatic rings. The lowest BCUT2D eigenvalue weighted by Gasteiger charge is -2.18. The molecule has 1 aliphatic carbocycles. The van der Waals surface area contributed by atoms with Crippen LogP contribution < -0.4 is 10.5 Å². The van der Waals surface area contributed by atoms with Crippen molar-refractivity contribution in [2.24, 2.45) is 11.7 Å². The third kappa shape index (κ3) is 2.63. The number of methoxy groups -OCH3 is 1. The topological polar surface area (TPSA) is 35.2 Å². The maximum absolute atomic E-state index is 6.15. The van der Waals surface area contributed by atoms with Gasteiger partial charge >= 0.3 is 0 Å². The summed E-state index contributed by atoms with van der Waals surface area (Å²) in [5.41, 5.74) is 10.1. The molecule has 17 heavy (non-hydrogen) atoms. The summed E-state index contributed by atoms with van der Waals surface area (Å²) in [6.07, 6.45) is 4.78. The Morgan fingerprint density at radius 2 is 1.94 bits per heavy atom. The van der Waals surface area contributed by atoms with E-state index in [-0.39, 0.29) is 0 Å². The number of ether oxygens (including phenoxy) is 1. The highest BCUT2D eigenvalue weighted by Gasteiger charge is 2.25. The van der Waals surface area contributed by atoms with Gasteiger partial charge in [0.1, 0.15) is 5.75 Å². The van der Waals surface area contributed by atoms with Gasteiger partial charge < -0.3 is 10.5 Å². The summed E-state index contributed by atoms with van der Waals surface area (Å²) in [7, 11) is 1.75. The van der Waals surface area contributed by atoms with Crippen molar-refractivity contribution in [2.45, 2.75) is 45.6 Å². The van der Waals surface area contributed by atoms with Crippen LogP contribution in [0.4, 0.5) is 0 Å². The number of rotatable bonds is 3. The molecule has 0 aliphatic heterocycles. The minimum atomic E-state index is 0.376. The van der Waals surface area contributed by atoms with Crippen molar-refractivity contribution in [1.82, 2.24) is 0 Å². The van der Waals surface area contributed by atoms with E-state index in [9.17, 15) is 0 Å². The minimum Gasteiger partial charge on any atom is -0.496 e. The molecule has 1 aromatic rings. The van der Waals surface area contributed by atoms with Crippen molar-refractivity contribution < 1.29 is 4.74 Å². The van der Waals surface area contributed by atoms with Gasteiger partial charge in [0.05, 0.1) is 7.11 Å². The fourth-order valence-corrected chi connectivity index (χ4v) is 2.80. The second-order valence-corrected chi connectivity index (χ2v) is 5.31. The van der Waals surface area contributed by atoms with Crippen molar-refractivity contribution in [1.29, 1.82) is 0 Å². The largest absolute Gasteiger partial charge is 0.496 e. The highest BCUT2D eigenvalue weighted by Crippen LogP contribution is 2.31. The lowest BCUT2D eigenvalue weighted by Crippen LogP contribution is -2.26. The molecule has 0 aromatic heterocycles. The Morgan fingerprint density at radius 3 is 2.53 bits per heavy atom. The van der Waals surface area contributed by atoms with Crippen molar-refractivity contribution in [2.75, 3.05) is 7.11 Å². The zero-order valence-corrected chi connectivity index (χ0v) is 11.1. The fraction of sp³-hybridized carbons (Fsp3) is 0.600. The fourth-order valence-electron chi connectivity index (χ4n) is 2.80. The van der Waals surface area contributed by atoms with Crippen LogP contribution in [0.1, 0.15) is 36.0 Å². The molecule has 0 bridgehead atoms. The Bertz CT molecular complexity index is 400. The molecule has 0 saturated heterocycles. The molecule has 2 N–H and O–H groups in total. The Balaban J connectivity index is 2.22. The summed E-state index contributed by atoms with van der Waals surface area (Å²) in [5, 5.41) is 0. The average molecular weight is 233 g/mol. The molecule has 2 atom stereocenters. The average Bonchev–Trinajstić information content (AvgIpc) is 2.69. The number of aryl methyl sites for hydroxylation is 2. The van der Waals surface area contributed by atoms with E-state index in [4.69, 9.17) is 10.5 Å². The van der Waals surface area contributed by atoms with Crippen molar-refractivity contribution >= 4 is 0 Å². The van der Waals surface area contributed by atoms with Gasteiger partial charge in [-0.2, -0.15) is 0 Å². The summed E-state index contributed by atoms with van der Waals surface area (Å²) in [5.74, 6) is 1.65. The first-order valence-electron chi connectivity index (χ1n) is 6.51. The van der Waals surface area contributed by atoms with Crippen LogP contribution in [0.2, 0.25) is 0 Å². The molecule has 0 spiro atoms. The summed E-state index contributed by atoms with van der Waals surface area (Å²) in [4.78, 5) is 0. The highest BCUT2D eigenvalue weighted by molar-refractivity contribution is 5.42. The third-order valence-corrected chi connectivity index (χ3v) is 4.10. The lowest BCUT2D eigenvalue weighted by atomic mass is 9.92. The predicted octanol–water partition coefficient (Wildman–Crippen LogP) is 2.98. The Hall–Kier alpha value is -1.02. The summed E-state index contributed by atoms with van der Waals surface area (Å²) in [6.45, 7) is 4.29. The maximum Gasteiger partial charge on any atom is 0.122 e. The molecule has 2 nitrogen and oxygen atoms in total. The van der Waals surface area contributed by atoms with Crippen molar-refractivity contribution in [3.63, 3.8) is 0 Å². The van der Waals surface area contributed by atoms with E-state index in [0.717, 1.165) is 12.2 Å². The Kier molecular flexibility index (Phi) is 3.72. The molecular weight excluding hydrogens is 210 g/mol. The number of nitrogens with two attached hydrogens (primary N) is 1. The molecular formula is C15H23NO. The Labute approximate surface area is 104 Å². The molecule has 94 valence electrons. The standard InChI is InChI=1S/C15H23NO/c1-10-7-13(15(17-3)8-11(10)2)9-12-5-4-6-14(12)16/h7-8,12,14H,4-6,9,16H2,1-3H3. The van der Waals surface area contributed by atoms with Gasteiger partial charge in [0.2, 0.25) is 0 Å². The second kappa shape index (κ2) is 5.09. The van der Waals surface area contributed by atoms with Crippen molar-refractivity contribution in [3.8, 4) is 5.75 Å². The molecule has 0 radical (unpaired) electrons. The van der Waals surface area contributed by atoms with E-state index in [1.165, 1.54) is 36.0 Å². The minimum absolute atomic E-state index is 0.376. The van der Waals surface area contributed by atoms with Crippen LogP contribution in [0.5, 0.6) is 5.75 Å². The lowest BCUT2D eigenvalue weighted by molar-refractivity contribution is 0.399. The monoisotopic (exact) mass is 233 g/mol. The molecule has 2 unspecified atom stereocenters. The zero-order chi connectivity index (χ0) is 12.4. The van der Waals surface area contributed by atoms with Crippen LogP contribution >= 0.6 is 0 Å². The molecule has 2 heteroatoms. The van der Waals surface area contributed by atoms with Crippen molar-refractivity contribution in [3.05, 3.63) is 28.8 Å². The van der Waals surface area contributed by atoms with E-state index in [0.29, 0.717) is 12.0 Å². The van der Waals surface area contributed by atoms with Crippen LogP contribution in [0.15, 0.2) is 12.1 Å². The molecule has 1 aromatic carbocycles. The van der Waals surface area contributed by atoms with Gasteiger partial charge in [0.25, 0.3) is 0 Å². The first-order valence-corrected chi connectivity index (χ1v) is 6.51. The first-order chi connectivity index (χ1) is 8.11. The van der Waals surface area contributed by atoms with Crippen LogP contribution in [0.3, 0.4) is 0 Å². The first kappa shape index (κ1) is 12.4. The van der Waals surface area contributed by atoms with Crippen LogP contribution in [-0.2, 0) is 6.42 Å². The smallest absolute Gasteiger partial charge is 0.122 e. The molecule has 1 saturated carbocycles. The molecule has 1 fully saturated rings. The molecule has 0 amide bonds. The number of hydrogen-bond acceptors (Lipinski definition) is 2. The second-order valence-electron chi connectivity index (χ2n) is 5.31. The van der Waals surface area contributed by atoms with E-state index < -0.39 is 0 Å². The van der Waals surface area contributed by atoms with Gasteiger partial charge in [-0.25, -0.2) is 0 Å². The van der Waals surface area contributed by atoms with Gasteiger partial charge in [-0.05, 0) is 61.8 Å². The quantitative estimate of drug-likeness (QED) is 0.871. The van der Waals surface area contributed by atoms with Crippen LogP contribution in [0.25, 0.3) is 0 Å². The predicted molar refractivity (Wildman–Crippen MR) is 71.5 cm³/mol. The third-order valence-electron chi connectivity index (χ3n) is 4.10.